The molecule has 0 radical (unpaired) electrons. The van der Waals surface area contributed by atoms with E-state index in [9.17, 15) is 19.2 Å². The van der Waals surface area contributed by atoms with Gasteiger partial charge in [0.15, 0.2) is 0 Å². The molecule has 0 aromatic heterocycles. The standard InChI is InChI=1S/C19H18N4O4/c1-20-17(25)11-6-8-12(9-7-11)21-16(24)10-15-19(27)22-14-5-3-2-4-13(14)18(26)23-15/h2-9,15H,10H2,1H3,(H,20,25)(H,21,24)(H,22,27)(H,23,26). The van der Waals surface area contributed by atoms with E-state index in [-0.39, 0.29) is 12.3 Å². The Bertz CT molecular complexity index is 908. The van der Waals surface area contributed by atoms with Gasteiger partial charge in [0.25, 0.3) is 11.8 Å². The largest absolute Gasteiger partial charge is 0.355 e. The van der Waals surface area contributed by atoms with Gasteiger partial charge in [-0.05, 0) is 36.4 Å². The smallest absolute Gasteiger partial charge is 0.254 e. The van der Waals surface area contributed by atoms with E-state index in [0.29, 0.717) is 22.5 Å². The van der Waals surface area contributed by atoms with Crippen molar-refractivity contribution in [1.82, 2.24) is 10.6 Å². The molecule has 4 amide bonds. The first kappa shape index (κ1) is 18.1. The van der Waals surface area contributed by atoms with Gasteiger partial charge in [-0.1, -0.05) is 12.1 Å². The van der Waals surface area contributed by atoms with Gasteiger partial charge in [0.05, 0.1) is 17.7 Å². The predicted octanol–water partition coefficient (Wildman–Crippen LogP) is 1.13. The fraction of sp³-hybridized carbons (Fsp3) is 0.158. The van der Waals surface area contributed by atoms with E-state index in [1.165, 1.54) is 7.05 Å². The Hall–Kier alpha value is -3.68. The molecule has 27 heavy (non-hydrogen) atoms. The van der Waals surface area contributed by atoms with Gasteiger partial charge in [-0.2, -0.15) is 0 Å². The van der Waals surface area contributed by atoms with E-state index in [1.54, 1.807) is 48.5 Å². The Kier molecular flexibility index (Phi) is 5.16. The van der Waals surface area contributed by atoms with Crippen molar-refractivity contribution in [1.29, 1.82) is 0 Å². The number of hydrogen-bond donors (Lipinski definition) is 4. The van der Waals surface area contributed by atoms with Gasteiger partial charge in [-0.25, -0.2) is 0 Å². The van der Waals surface area contributed by atoms with Gasteiger partial charge in [-0.3, -0.25) is 19.2 Å². The summed E-state index contributed by atoms with van der Waals surface area (Å²) in [7, 11) is 1.53. The third-order valence-corrected chi connectivity index (χ3v) is 4.10. The number of amides is 4. The van der Waals surface area contributed by atoms with Gasteiger partial charge in [0.2, 0.25) is 11.8 Å². The van der Waals surface area contributed by atoms with E-state index < -0.39 is 23.8 Å². The molecule has 0 spiro atoms. The van der Waals surface area contributed by atoms with Crippen LogP contribution < -0.4 is 21.3 Å². The average molecular weight is 366 g/mol. The lowest BCUT2D eigenvalue weighted by Gasteiger charge is -2.14. The van der Waals surface area contributed by atoms with E-state index >= 15 is 0 Å². The van der Waals surface area contributed by atoms with Crippen LogP contribution in [0.25, 0.3) is 0 Å². The average Bonchev–Trinajstić information content (AvgIpc) is 2.78. The van der Waals surface area contributed by atoms with Gasteiger partial charge in [0, 0.05) is 18.3 Å². The van der Waals surface area contributed by atoms with Crippen LogP contribution in [0.2, 0.25) is 0 Å². The lowest BCUT2D eigenvalue weighted by atomic mass is 10.1. The zero-order valence-electron chi connectivity index (χ0n) is 14.5. The number of nitrogens with one attached hydrogen (secondary N) is 4. The van der Waals surface area contributed by atoms with Crippen LogP contribution in [0.4, 0.5) is 11.4 Å². The van der Waals surface area contributed by atoms with Crippen molar-refractivity contribution in [3.8, 4) is 0 Å². The Morgan fingerprint density at radius 3 is 2.44 bits per heavy atom. The van der Waals surface area contributed by atoms with Crippen molar-refractivity contribution in [3.05, 3.63) is 59.7 Å². The van der Waals surface area contributed by atoms with Crippen LogP contribution in [0.3, 0.4) is 0 Å². The molecule has 8 nitrogen and oxygen atoms in total. The molecule has 3 rings (SSSR count). The van der Waals surface area contributed by atoms with Crippen molar-refractivity contribution in [2.75, 3.05) is 17.7 Å². The van der Waals surface area contributed by atoms with Gasteiger partial charge in [-0.15, -0.1) is 0 Å². The van der Waals surface area contributed by atoms with Crippen LogP contribution in [-0.2, 0) is 9.59 Å². The van der Waals surface area contributed by atoms with Crippen LogP contribution in [0.15, 0.2) is 48.5 Å². The van der Waals surface area contributed by atoms with Crippen molar-refractivity contribution in [2.45, 2.75) is 12.5 Å². The summed E-state index contributed by atoms with van der Waals surface area (Å²) in [6.45, 7) is 0. The quantitative estimate of drug-likeness (QED) is 0.649. The highest BCUT2D eigenvalue weighted by Crippen LogP contribution is 2.19. The number of anilines is 2. The highest BCUT2D eigenvalue weighted by Gasteiger charge is 2.29. The van der Waals surface area contributed by atoms with Gasteiger partial charge < -0.3 is 21.3 Å². The number of carbonyl (C=O) groups is 4. The minimum atomic E-state index is -0.991. The molecule has 0 aliphatic carbocycles. The molecule has 1 unspecified atom stereocenters. The number of fused-ring (bicyclic) bond motifs is 1. The summed E-state index contributed by atoms with van der Waals surface area (Å²) in [6.07, 6.45) is -0.219. The summed E-state index contributed by atoms with van der Waals surface area (Å²) in [5.74, 6) is -1.55. The first-order valence-corrected chi connectivity index (χ1v) is 8.30. The van der Waals surface area contributed by atoms with Crippen LogP contribution in [0, 0.1) is 0 Å². The molecule has 0 saturated carbocycles. The molecule has 1 aliphatic rings. The topological polar surface area (TPSA) is 116 Å². The Balaban J connectivity index is 1.65. The zero-order chi connectivity index (χ0) is 19.4. The van der Waals surface area contributed by atoms with E-state index in [0.717, 1.165) is 0 Å². The molecule has 1 aliphatic heterocycles. The van der Waals surface area contributed by atoms with Gasteiger partial charge in [0.1, 0.15) is 6.04 Å². The lowest BCUT2D eigenvalue weighted by Crippen LogP contribution is -2.43. The van der Waals surface area contributed by atoms with Gasteiger partial charge >= 0.3 is 0 Å². The molecule has 0 saturated heterocycles. The molecule has 8 heteroatoms. The molecule has 0 fully saturated rings. The SMILES string of the molecule is CNC(=O)c1ccc(NC(=O)CC2NC(=O)c3ccccc3NC2=O)cc1. The third kappa shape index (κ3) is 4.12. The maximum Gasteiger partial charge on any atom is 0.254 e. The summed E-state index contributed by atoms with van der Waals surface area (Å²) < 4.78 is 0. The maximum absolute atomic E-state index is 12.3. The van der Waals surface area contributed by atoms with Crippen molar-refractivity contribution < 1.29 is 19.2 Å². The monoisotopic (exact) mass is 366 g/mol. The molecule has 2 aromatic rings. The Labute approximate surface area is 155 Å². The first-order valence-electron chi connectivity index (χ1n) is 8.30. The summed E-state index contributed by atoms with van der Waals surface area (Å²) >= 11 is 0. The second-order valence-corrected chi connectivity index (χ2v) is 5.97. The highest BCUT2D eigenvalue weighted by atomic mass is 16.2. The van der Waals surface area contributed by atoms with Crippen LogP contribution >= 0.6 is 0 Å². The Morgan fingerprint density at radius 1 is 1.04 bits per heavy atom. The number of para-hydroxylation sites is 1. The Morgan fingerprint density at radius 2 is 1.74 bits per heavy atom. The second-order valence-electron chi connectivity index (χ2n) is 5.97. The number of benzene rings is 2. The predicted molar refractivity (Wildman–Crippen MR) is 99.4 cm³/mol. The summed E-state index contributed by atoms with van der Waals surface area (Å²) in [6, 6.07) is 12.0. The van der Waals surface area contributed by atoms with Crippen molar-refractivity contribution in [3.63, 3.8) is 0 Å². The summed E-state index contributed by atoms with van der Waals surface area (Å²) in [5.41, 5.74) is 1.70. The van der Waals surface area contributed by atoms with Crippen molar-refractivity contribution >= 4 is 35.0 Å². The molecule has 4 N–H and O–H groups in total. The normalized spacial score (nSPS) is 15.7. The summed E-state index contributed by atoms with van der Waals surface area (Å²) in [4.78, 5) is 48.4. The van der Waals surface area contributed by atoms with E-state index in [1.807, 2.05) is 0 Å². The minimum absolute atomic E-state index is 0.219. The molecule has 2 aromatic carbocycles. The van der Waals surface area contributed by atoms with Crippen LogP contribution in [0.5, 0.6) is 0 Å². The minimum Gasteiger partial charge on any atom is -0.355 e. The molecule has 1 atom stereocenters. The number of hydrogen-bond acceptors (Lipinski definition) is 4. The third-order valence-electron chi connectivity index (χ3n) is 4.10. The van der Waals surface area contributed by atoms with Crippen LogP contribution in [0.1, 0.15) is 27.1 Å². The van der Waals surface area contributed by atoms with E-state index in [2.05, 4.69) is 21.3 Å². The molecular weight excluding hydrogens is 348 g/mol. The second kappa shape index (κ2) is 7.69. The van der Waals surface area contributed by atoms with E-state index in [4.69, 9.17) is 0 Å². The zero-order valence-corrected chi connectivity index (χ0v) is 14.5. The lowest BCUT2D eigenvalue weighted by molar-refractivity contribution is -0.122. The highest BCUT2D eigenvalue weighted by molar-refractivity contribution is 6.11. The molecular formula is C19H18N4O4. The number of carbonyl (C=O) groups excluding carboxylic acids is 4. The molecule has 1 heterocycles. The molecule has 138 valence electrons. The fourth-order valence-corrected chi connectivity index (χ4v) is 2.70. The van der Waals surface area contributed by atoms with Crippen molar-refractivity contribution in [2.24, 2.45) is 0 Å². The molecule has 0 bridgehead atoms. The maximum atomic E-state index is 12.3. The first-order chi connectivity index (χ1) is 13.0. The fourth-order valence-electron chi connectivity index (χ4n) is 2.70. The summed E-state index contributed by atoms with van der Waals surface area (Å²) in [5, 5.41) is 10.4. The van der Waals surface area contributed by atoms with Crippen LogP contribution in [-0.4, -0.2) is 36.7 Å². The number of rotatable bonds is 4.